The Hall–Kier alpha value is -1.24. The number of anilines is 1. The summed E-state index contributed by atoms with van der Waals surface area (Å²) in [6, 6.07) is 5.36. The Bertz CT molecular complexity index is 652. The van der Waals surface area contributed by atoms with Gasteiger partial charge >= 0.3 is 0 Å². The van der Waals surface area contributed by atoms with Gasteiger partial charge in [-0.15, -0.1) is 0 Å². The largest absolute Gasteiger partial charge is 0.380 e. The van der Waals surface area contributed by atoms with Crippen LogP contribution in [-0.2, 0) is 4.79 Å². The smallest absolute Gasteiger partial charge is 0.257 e. The van der Waals surface area contributed by atoms with E-state index in [1.54, 1.807) is 23.9 Å². The topological polar surface area (TPSA) is 78.0 Å². The van der Waals surface area contributed by atoms with E-state index < -0.39 is 11.5 Å². The zero-order valence-corrected chi connectivity index (χ0v) is 12.2. The molecule has 0 radical (unpaired) electrons. The molecule has 1 aromatic carbocycles. The highest BCUT2D eigenvalue weighted by Crippen LogP contribution is 2.30. The van der Waals surface area contributed by atoms with E-state index >= 15 is 0 Å². The number of aromatic nitrogens is 2. The molecule has 1 saturated heterocycles. The van der Waals surface area contributed by atoms with Crippen molar-refractivity contribution in [2.75, 3.05) is 16.8 Å². The number of H-pyrrole nitrogens is 1. The number of fused-ring (bicyclic) bond motifs is 1. The lowest BCUT2D eigenvalue weighted by Gasteiger charge is -2.29. The van der Waals surface area contributed by atoms with Crippen LogP contribution in [0.15, 0.2) is 18.2 Å². The minimum atomic E-state index is -1.30. The van der Waals surface area contributed by atoms with E-state index in [0.717, 1.165) is 16.9 Å². The molecular weight excluding hydrogens is 298 g/mol. The number of nitrogens with one attached hydrogen (secondary N) is 2. The first-order valence-electron chi connectivity index (χ1n) is 6.34. The van der Waals surface area contributed by atoms with E-state index in [1.807, 2.05) is 6.07 Å². The number of benzene rings is 1. The van der Waals surface area contributed by atoms with Crippen LogP contribution >= 0.6 is 23.4 Å². The normalized spacial score (nSPS) is 18.1. The molecule has 2 aromatic rings. The number of hydrogen-bond acceptors (Lipinski definition) is 4. The van der Waals surface area contributed by atoms with Gasteiger partial charge in [-0.3, -0.25) is 9.89 Å². The van der Waals surface area contributed by atoms with Crippen molar-refractivity contribution >= 4 is 46.0 Å². The number of halogens is 1. The maximum Gasteiger partial charge on any atom is 0.257 e. The van der Waals surface area contributed by atoms with Crippen LogP contribution in [0.25, 0.3) is 10.9 Å². The van der Waals surface area contributed by atoms with Crippen molar-refractivity contribution < 1.29 is 9.90 Å². The molecule has 1 aliphatic rings. The monoisotopic (exact) mass is 311 g/mol. The van der Waals surface area contributed by atoms with Gasteiger partial charge in [0.25, 0.3) is 5.91 Å². The third kappa shape index (κ3) is 2.39. The standard InChI is InChI=1S/C13H14ClN3O2S/c14-9-3-1-2-8-10(9)16-17-11(8)15-12(18)13(19)4-6-20-7-5-13/h1-3,19H,4-7H2,(H2,15,16,17,18). The predicted molar refractivity (Wildman–Crippen MR) is 81.2 cm³/mol. The fraction of sp³-hybridized carbons (Fsp3) is 0.385. The maximum atomic E-state index is 12.3. The summed E-state index contributed by atoms with van der Waals surface area (Å²) in [4.78, 5) is 12.3. The summed E-state index contributed by atoms with van der Waals surface area (Å²) >= 11 is 7.79. The van der Waals surface area contributed by atoms with Crippen molar-refractivity contribution in [1.29, 1.82) is 0 Å². The molecular formula is C13H14ClN3O2S. The lowest BCUT2D eigenvalue weighted by atomic mass is 9.96. The first-order valence-corrected chi connectivity index (χ1v) is 7.88. The molecule has 0 spiro atoms. The number of aromatic amines is 1. The molecule has 1 aliphatic heterocycles. The number of para-hydroxylation sites is 1. The van der Waals surface area contributed by atoms with Crippen molar-refractivity contribution in [2.45, 2.75) is 18.4 Å². The van der Waals surface area contributed by atoms with Crippen molar-refractivity contribution in [3.63, 3.8) is 0 Å². The SMILES string of the molecule is O=C(Nc1n[nH]c2c(Cl)cccc12)C1(O)CCSCC1. The van der Waals surface area contributed by atoms with E-state index in [1.165, 1.54) is 0 Å². The third-order valence-electron chi connectivity index (χ3n) is 3.52. The average Bonchev–Trinajstić information content (AvgIpc) is 2.84. The van der Waals surface area contributed by atoms with Gasteiger partial charge in [-0.05, 0) is 36.5 Å². The van der Waals surface area contributed by atoms with E-state index in [0.29, 0.717) is 29.2 Å². The molecule has 3 N–H and O–H groups in total. The molecule has 1 fully saturated rings. The van der Waals surface area contributed by atoms with Gasteiger partial charge in [0.2, 0.25) is 0 Å². The molecule has 0 unspecified atom stereocenters. The number of aliphatic hydroxyl groups is 1. The molecule has 5 nitrogen and oxygen atoms in total. The summed E-state index contributed by atoms with van der Waals surface area (Å²) in [7, 11) is 0. The van der Waals surface area contributed by atoms with E-state index in [9.17, 15) is 9.90 Å². The molecule has 106 valence electrons. The Labute approximate surface area is 125 Å². The summed E-state index contributed by atoms with van der Waals surface area (Å²) in [5.41, 5.74) is -0.620. The maximum absolute atomic E-state index is 12.3. The first kappa shape index (κ1) is 13.7. The van der Waals surface area contributed by atoms with Gasteiger partial charge in [-0.25, -0.2) is 0 Å². The highest BCUT2D eigenvalue weighted by molar-refractivity contribution is 7.99. The van der Waals surface area contributed by atoms with Crippen LogP contribution in [0.2, 0.25) is 5.02 Å². The van der Waals surface area contributed by atoms with Crippen LogP contribution in [0, 0.1) is 0 Å². The quantitative estimate of drug-likeness (QED) is 0.796. The number of carbonyl (C=O) groups is 1. The van der Waals surface area contributed by atoms with Crippen LogP contribution in [0.5, 0.6) is 0 Å². The Morgan fingerprint density at radius 3 is 2.95 bits per heavy atom. The molecule has 0 bridgehead atoms. The van der Waals surface area contributed by atoms with E-state index in [2.05, 4.69) is 15.5 Å². The van der Waals surface area contributed by atoms with Crippen molar-refractivity contribution in [1.82, 2.24) is 10.2 Å². The number of carbonyl (C=O) groups excluding carboxylic acids is 1. The van der Waals surface area contributed by atoms with Gasteiger partial charge in [0.15, 0.2) is 5.82 Å². The Kier molecular flexibility index (Phi) is 3.62. The fourth-order valence-corrected chi connectivity index (χ4v) is 3.65. The second-order valence-electron chi connectivity index (χ2n) is 4.83. The summed E-state index contributed by atoms with van der Waals surface area (Å²) in [5, 5.41) is 21.2. The highest BCUT2D eigenvalue weighted by Gasteiger charge is 2.37. The molecule has 0 aliphatic carbocycles. The van der Waals surface area contributed by atoms with E-state index in [-0.39, 0.29) is 0 Å². The van der Waals surface area contributed by atoms with Gasteiger partial charge in [-0.2, -0.15) is 16.9 Å². The Balaban J connectivity index is 1.86. The van der Waals surface area contributed by atoms with Gasteiger partial charge < -0.3 is 10.4 Å². The van der Waals surface area contributed by atoms with Gasteiger partial charge in [0.1, 0.15) is 5.60 Å². The molecule has 3 rings (SSSR count). The number of nitrogens with zero attached hydrogens (tertiary/aromatic N) is 1. The zero-order valence-electron chi connectivity index (χ0n) is 10.6. The lowest BCUT2D eigenvalue weighted by Crippen LogP contribution is -2.45. The summed E-state index contributed by atoms with van der Waals surface area (Å²) in [6.45, 7) is 0. The van der Waals surface area contributed by atoms with Crippen molar-refractivity contribution in [3.8, 4) is 0 Å². The molecule has 2 heterocycles. The molecule has 20 heavy (non-hydrogen) atoms. The van der Waals surface area contributed by atoms with Crippen LogP contribution in [-0.4, -0.2) is 38.3 Å². The second kappa shape index (κ2) is 5.27. The minimum absolute atomic E-state index is 0.397. The minimum Gasteiger partial charge on any atom is -0.380 e. The van der Waals surface area contributed by atoms with Gasteiger partial charge in [0.05, 0.1) is 10.5 Å². The van der Waals surface area contributed by atoms with Crippen molar-refractivity contribution in [3.05, 3.63) is 23.2 Å². The highest BCUT2D eigenvalue weighted by atomic mass is 35.5. The first-order chi connectivity index (χ1) is 9.60. The Morgan fingerprint density at radius 1 is 1.45 bits per heavy atom. The summed E-state index contributed by atoms with van der Waals surface area (Å²) in [6.07, 6.45) is 0.930. The predicted octanol–water partition coefficient (Wildman–Crippen LogP) is 2.41. The van der Waals surface area contributed by atoms with Crippen molar-refractivity contribution in [2.24, 2.45) is 0 Å². The number of hydrogen-bond donors (Lipinski definition) is 3. The lowest BCUT2D eigenvalue weighted by molar-refractivity contribution is -0.134. The number of thioether (sulfide) groups is 1. The Morgan fingerprint density at radius 2 is 2.20 bits per heavy atom. The van der Waals surface area contributed by atoms with Crippen LogP contribution in [0.1, 0.15) is 12.8 Å². The molecule has 7 heteroatoms. The summed E-state index contributed by atoms with van der Waals surface area (Å²) in [5.74, 6) is 1.58. The average molecular weight is 312 g/mol. The third-order valence-corrected chi connectivity index (χ3v) is 4.82. The molecule has 0 saturated carbocycles. The molecule has 1 aromatic heterocycles. The van der Waals surface area contributed by atoms with Crippen LogP contribution in [0.3, 0.4) is 0 Å². The molecule has 0 atom stereocenters. The fourth-order valence-electron chi connectivity index (χ4n) is 2.26. The summed E-state index contributed by atoms with van der Waals surface area (Å²) < 4.78 is 0. The molecule has 1 amide bonds. The van der Waals surface area contributed by atoms with Gasteiger partial charge in [-0.1, -0.05) is 17.7 Å². The van der Waals surface area contributed by atoms with Crippen LogP contribution in [0.4, 0.5) is 5.82 Å². The number of amides is 1. The van der Waals surface area contributed by atoms with Gasteiger partial charge in [0, 0.05) is 5.39 Å². The van der Waals surface area contributed by atoms with Crippen LogP contribution < -0.4 is 5.32 Å². The van der Waals surface area contributed by atoms with E-state index in [4.69, 9.17) is 11.6 Å². The number of rotatable bonds is 2. The second-order valence-corrected chi connectivity index (χ2v) is 6.46. The zero-order chi connectivity index (χ0) is 14.2.